The van der Waals surface area contributed by atoms with E-state index in [1.54, 1.807) is 0 Å². The van der Waals surface area contributed by atoms with Crippen LogP contribution in [0.25, 0.3) is 10.9 Å². The van der Waals surface area contributed by atoms with E-state index in [-0.39, 0.29) is 6.04 Å². The fourth-order valence-corrected chi connectivity index (χ4v) is 2.69. The van der Waals surface area contributed by atoms with E-state index in [1.165, 1.54) is 0 Å². The van der Waals surface area contributed by atoms with Gasteiger partial charge in [0, 0.05) is 42.4 Å². The Balaban J connectivity index is 1.86. The molecular formula is C17H20N4. The Morgan fingerprint density at radius 2 is 2.00 bits per heavy atom. The van der Waals surface area contributed by atoms with Crippen LogP contribution in [0, 0.1) is 0 Å². The van der Waals surface area contributed by atoms with Crippen molar-refractivity contribution in [2.75, 3.05) is 0 Å². The van der Waals surface area contributed by atoms with Crippen LogP contribution in [0.2, 0.25) is 0 Å². The second-order valence-electron chi connectivity index (χ2n) is 5.36. The predicted octanol–water partition coefficient (Wildman–Crippen LogP) is 2.77. The van der Waals surface area contributed by atoms with Crippen molar-refractivity contribution in [3.63, 3.8) is 0 Å². The van der Waals surface area contributed by atoms with Crippen molar-refractivity contribution in [1.29, 1.82) is 0 Å². The van der Waals surface area contributed by atoms with Gasteiger partial charge in [-0.3, -0.25) is 9.67 Å². The molecular weight excluding hydrogens is 260 g/mol. The minimum Gasteiger partial charge on any atom is -0.324 e. The first kappa shape index (κ1) is 13.8. The molecule has 0 saturated heterocycles. The van der Waals surface area contributed by atoms with Crippen LogP contribution in [0.4, 0.5) is 0 Å². The summed E-state index contributed by atoms with van der Waals surface area (Å²) in [5, 5.41) is 5.62. The zero-order valence-electron chi connectivity index (χ0n) is 12.5. The summed E-state index contributed by atoms with van der Waals surface area (Å²) in [6, 6.07) is 12.2. The number of hydrogen-bond donors (Lipinski definition) is 1. The van der Waals surface area contributed by atoms with Gasteiger partial charge in [-0.15, -0.1) is 0 Å². The number of nitrogens with zero attached hydrogens (tertiary/aromatic N) is 3. The van der Waals surface area contributed by atoms with Gasteiger partial charge in [0.05, 0.1) is 11.2 Å². The lowest BCUT2D eigenvalue weighted by Gasteiger charge is -2.11. The maximum Gasteiger partial charge on any atom is 0.0705 e. The van der Waals surface area contributed by atoms with Gasteiger partial charge in [0.2, 0.25) is 0 Å². The molecule has 1 aromatic carbocycles. The summed E-state index contributed by atoms with van der Waals surface area (Å²) in [6.07, 6.45) is 3.64. The molecule has 0 aliphatic carbocycles. The van der Waals surface area contributed by atoms with E-state index in [1.807, 2.05) is 36.1 Å². The maximum absolute atomic E-state index is 6.37. The quantitative estimate of drug-likeness (QED) is 0.799. The third-order valence-corrected chi connectivity index (χ3v) is 3.76. The Labute approximate surface area is 124 Å². The first-order chi connectivity index (χ1) is 10.2. The summed E-state index contributed by atoms with van der Waals surface area (Å²) >= 11 is 0. The molecule has 0 saturated carbocycles. The average Bonchev–Trinajstić information content (AvgIpc) is 2.88. The van der Waals surface area contributed by atoms with Gasteiger partial charge in [-0.25, -0.2) is 0 Å². The number of aromatic nitrogens is 3. The highest BCUT2D eigenvalue weighted by Crippen LogP contribution is 2.20. The largest absolute Gasteiger partial charge is 0.324 e. The molecule has 1 atom stereocenters. The monoisotopic (exact) mass is 280 g/mol. The summed E-state index contributed by atoms with van der Waals surface area (Å²) in [6.45, 7) is 2.10. The molecule has 2 aromatic heterocycles. The standard InChI is InChI=1S/C17H20N4/c1-3-16-14(11-21(2)20-16)15(18)10-13-9-8-12-6-4-5-7-17(12)19-13/h4-9,11,15H,3,10,18H2,1-2H3. The molecule has 0 amide bonds. The number of fused-ring (bicyclic) bond motifs is 1. The van der Waals surface area contributed by atoms with Crippen molar-refractivity contribution in [2.45, 2.75) is 25.8 Å². The molecule has 0 spiro atoms. The fourth-order valence-electron chi connectivity index (χ4n) is 2.69. The van der Waals surface area contributed by atoms with Crippen LogP contribution in [0.15, 0.2) is 42.6 Å². The van der Waals surface area contributed by atoms with Gasteiger partial charge in [0.15, 0.2) is 0 Å². The van der Waals surface area contributed by atoms with Gasteiger partial charge >= 0.3 is 0 Å². The molecule has 0 aliphatic rings. The minimum absolute atomic E-state index is 0.0673. The van der Waals surface area contributed by atoms with E-state index in [0.29, 0.717) is 0 Å². The molecule has 0 bridgehead atoms. The number of para-hydroxylation sites is 1. The molecule has 4 nitrogen and oxygen atoms in total. The molecule has 0 aliphatic heterocycles. The van der Waals surface area contributed by atoms with Crippen molar-refractivity contribution in [3.8, 4) is 0 Å². The molecule has 2 heterocycles. The SMILES string of the molecule is CCc1nn(C)cc1C(N)Cc1ccc2ccccc2n1. The third kappa shape index (κ3) is 2.81. The van der Waals surface area contributed by atoms with Crippen LogP contribution in [0.3, 0.4) is 0 Å². The highest BCUT2D eigenvalue weighted by atomic mass is 15.3. The van der Waals surface area contributed by atoms with Crippen molar-refractivity contribution in [1.82, 2.24) is 14.8 Å². The Morgan fingerprint density at radius 3 is 2.81 bits per heavy atom. The van der Waals surface area contributed by atoms with Crippen LogP contribution in [-0.2, 0) is 19.9 Å². The van der Waals surface area contributed by atoms with E-state index in [2.05, 4.69) is 30.2 Å². The van der Waals surface area contributed by atoms with Crippen molar-refractivity contribution < 1.29 is 0 Å². The second-order valence-corrected chi connectivity index (χ2v) is 5.36. The minimum atomic E-state index is -0.0673. The van der Waals surface area contributed by atoms with Crippen molar-refractivity contribution in [2.24, 2.45) is 12.8 Å². The molecule has 108 valence electrons. The van der Waals surface area contributed by atoms with Crippen LogP contribution in [0.5, 0.6) is 0 Å². The molecule has 0 radical (unpaired) electrons. The summed E-state index contributed by atoms with van der Waals surface area (Å²) in [5.74, 6) is 0. The van der Waals surface area contributed by atoms with Crippen LogP contribution in [0.1, 0.15) is 29.9 Å². The zero-order chi connectivity index (χ0) is 14.8. The van der Waals surface area contributed by atoms with Crippen LogP contribution in [-0.4, -0.2) is 14.8 Å². The summed E-state index contributed by atoms with van der Waals surface area (Å²) in [4.78, 5) is 4.70. The highest BCUT2D eigenvalue weighted by molar-refractivity contribution is 5.78. The van der Waals surface area contributed by atoms with E-state index in [9.17, 15) is 0 Å². The lowest BCUT2D eigenvalue weighted by Crippen LogP contribution is -2.15. The van der Waals surface area contributed by atoms with Gasteiger partial charge < -0.3 is 5.73 Å². The van der Waals surface area contributed by atoms with Crippen molar-refractivity contribution in [3.05, 3.63) is 59.5 Å². The lowest BCUT2D eigenvalue weighted by atomic mass is 10.0. The van der Waals surface area contributed by atoms with Gasteiger partial charge in [-0.2, -0.15) is 5.10 Å². The van der Waals surface area contributed by atoms with Gasteiger partial charge in [-0.1, -0.05) is 31.2 Å². The normalized spacial score (nSPS) is 12.7. The number of aryl methyl sites for hydroxylation is 2. The topological polar surface area (TPSA) is 56.7 Å². The molecule has 4 heteroatoms. The molecule has 2 N–H and O–H groups in total. The van der Waals surface area contributed by atoms with E-state index in [4.69, 9.17) is 10.7 Å². The number of benzene rings is 1. The molecule has 3 rings (SSSR count). The van der Waals surface area contributed by atoms with E-state index >= 15 is 0 Å². The van der Waals surface area contributed by atoms with Gasteiger partial charge in [0.25, 0.3) is 0 Å². The van der Waals surface area contributed by atoms with Gasteiger partial charge in [-0.05, 0) is 18.6 Å². The summed E-state index contributed by atoms with van der Waals surface area (Å²) in [7, 11) is 1.93. The Bertz CT molecular complexity index is 760. The van der Waals surface area contributed by atoms with Crippen molar-refractivity contribution >= 4 is 10.9 Å². The Kier molecular flexibility index (Phi) is 3.71. The fraction of sp³-hybridized carbons (Fsp3) is 0.294. The molecule has 1 unspecified atom stereocenters. The smallest absolute Gasteiger partial charge is 0.0705 e. The summed E-state index contributed by atoms with van der Waals surface area (Å²) < 4.78 is 1.84. The van der Waals surface area contributed by atoms with Gasteiger partial charge in [0.1, 0.15) is 0 Å². The summed E-state index contributed by atoms with van der Waals surface area (Å²) in [5.41, 5.74) is 10.6. The second kappa shape index (κ2) is 5.66. The Morgan fingerprint density at radius 1 is 1.19 bits per heavy atom. The molecule has 3 aromatic rings. The molecule has 21 heavy (non-hydrogen) atoms. The number of nitrogens with two attached hydrogens (primary N) is 1. The number of rotatable bonds is 4. The van der Waals surface area contributed by atoms with E-state index in [0.717, 1.165) is 40.7 Å². The van der Waals surface area contributed by atoms with E-state index < -0.39 is 0 Å². The Hall–Kier alpha value is -2.20. The number of hydrogen-bond acceptors (Lipinski definition) is 3. The first-order valence-corrected chi connectivity index (χ1v) is 7.30. The maximum atomic E-state index is 6.37. The van der Waals surface area contributed by atoms with Crippen LogP contribution >= 0.6 is 0 Å². The highest BCUT2D eigenvalue weighted by Gasteiger charge is 2.15. The number of pyridine rings is 1. The molecule has 0 fully saturated rings. The van der Waals surface area contributed by atoms with Crippen LogP contribution < -0.4 is 5.73 Å². The lowest BCUT2D eigenvalue weighted by molar-refractivity contribution is 0.699. The average molecular weight is 280 g/mol. The predicted molar refractivity (Wildman–Crippen MR) is 85.0 cm³/mol. The third-order valence-electron chi connectivity index (χ3n) is 3.76. The zero-order valence-corrected chi connectivity index (χ0v) is 12.5. The first-order valence-electron chi connectivity index (χ1n) is 7.30.